The molecular weight excluding hydrogens is 270 g/mol. The van der Waals surface area contributed by atoms with Crippen molar-refractivity contribution in [2.75, 3.05) is 18.9 Å². The van der Waals surface area contributed by atoms with Crippen LogP contribution in [0.4, 0.5) is 5.82 Å². The van der Waals surface area contributed by atoms with Crippen LogP contribution >= 0.6 is 11.6 Å². The highest BCUT2D eigenvalue weighted by atomic mass is 35.5. The summed E-state index contributed by atoms with van der Waals surface area (Å²) in [6.45, 7) is 4.75. The average Bonchev–Trinajstić information content (AvgIpc) is 2.42. The summed E-state index contributed by atoms with van der Waals surface area (Å²) in [5.41, 5.74) is 2.52. The lowest BCUT2D eigenvalue weighted by molar-refractivity contribution is 0.319. The lowest BCUT2D eigenvalue weighted by Gasteiger charge is -2.17. The molecule has 1 heterocycles. The number of nitrogens with one attached hydrogen (secondary N) is 1. The van der Waals surface area contributed by atoms with Crippen molar-refractivity contribution in [3.05, 3.63) is 58.7 Å². The fourth-order valence-electron chi connectivity index (χ4n) is 2.12. The van der Waals surface area contributed by atoms with Crippen molar-refractivity contribution in [3.8, 4) is 0 Å². The second-order valence-electron chi connectivity index (χ2n) is 4.88. The molecule has 0 saturated heterocycles. The van der Waals surface area contributed by atoms with Gasteiger partial charge in [0.25, 0.3) is 0 Å². The fraction of sp³-hybridized carbons (Fsp3) is 0.312. The Morgan fingerprint density at radius 2 is 1.80 bits per heavy atom. The predicted octanol–water partition coefficient (Wildman–Crippen LogP) is 3.80. The van der Waals surface area contributed by atoms with Crippen molar-refractivity contribution in [2.24, 2.45) is 0 Å². The highest BCUT2D eigenvalue weighted by Gasteiger charge is 2.03. The number of halogens is 1. The number of hydrogen-bond acceptors (Lipinski definition) is 3. The standard InChI is InChI=1S/C16H20ClN3/c1-3-18-16-10-14(8-9-19-16)12-20(2)11-13-4-6-15(17)7-5-13/h4-10H,3,11-12H2,1-2H3,(H,18,19). The molecule has 0 spiro atoms. The molecule has 2 rings (SSSR count). The number of anilines is 1. The van der Waals surface area contributed by atoms with E-state index in [4.69, 9.17) is 11.6 Å². The zero-order valence-electron chi connectivity index (χ0n) is 11.9. The Labute approximate surface area is 125 Å². The molecule has 0 aliphatic rings. The molecule has 0 radical (unpaired) electrons. The molecule has 3 nitrogen and oxygen atoms in total. The zero-order valence-corrected chi connectivity index (χ0v) is 12.7. The van der Waals surface area contributed by atoms with Gasteiger partial charge in [0, 0.05) is 30.9 Å². The van der Waals surface area contributed by atoms with E-state index < -0.39 is 0 Å². The van der Waals surface area contributed by atoms with Crippen LogP contribution in [0.2, 0.25) is 5.02 Å². The van der Waals surface area contributed by atoms with Crippen molar-refractivity contribution in [1.29, 1.82) is 0 Å². The highest BCUT2D eigenvalue weighted by Crippen LogP contribution is 2.13. The molecule has 0 amide bonds. The maximum atomic E-state index is 5.90. The summed E-state index contributed by atoms with van der Waals surface area (Å²) in [5, 5.41) is 4.01. The molecule has 20 heavy (non-hydrogen) atoms. The minimum atomic E-state index is 0.779. The van der Waals surface area contributed by atoms with Gasteiger partial charge in [0.05, 0.1) is 0 Å². The quantitative estimate of drug-likeness (QED) is 0.877. The number of benzene rings is 1. The van der Waals surface area contributed by atoms with Gasteiger partial charge in [-0.15, -0.1) is 0 Å². The summed E-state index contributed by atoms with van der Waals surface area (Å²) in [6, 6.07) is 12.1. The van der Waals surface area contributed by atoms with Gasteiger partial charge in [0.1, 0.15) is 5.82 Å². The van der Waals surface area contributed by atoms with Crippen LogP contribution in [0.3, 0.4) is 0 Å². The van der Waals surface area contributed by atoms with Gasteiger partial charge in [-0.3, -0.25) is 4.90 Å². The molecular formula is C16H20ClN3. The molecule has 0 fully saturated rings. The van der Waals surface area contributed by atoms with E-state index in [0.29, 0.717) is 0 Å². The van der Waals surface area contributed by atoms with Crippen LogP contribution in [0.1, 0.15) is 18.1 Å². The maximum absolute atomic E-state index is 5.90. The van der Waals surface area contributed by atoms with Gasteiger partial charge in [0.15, 0.2) is 0 Å². The number of aromatic nitrogens is 1. The first-order valence-electron chi connectivity index (χ1n) is 6.79. The van der Waals surface area contributed by atoms with Crippen LogP contribution in [0.25, 0.3) is 0 Å². The second-order valence-corrected chi connectivity index (χ2v) is 5.31. The minimum Gasteiger partial charge on any atom is -0.370 e. The van der Waals surface area contributed by atoms with E-state index in [2.05, 4.69) is 53.4 Å². The normalized spacial score (nSPS) is 10.8. The Hall–Kier alpha value is -1.58. The smallest absolute Gasteiger partial charge is 0.126 e. The van der Waals surface area contributed by atoms with E-state index in [1.54, 1.807) is 0 Å². The van der Waals surface area contributed by atoms with E-state index in [1.807, 2.05) is 18.3 Å². The fourth-order valence-corrected chi connectivity index (χ4v) is 2.25. The molecule has 0 bridgehead atoms. The Morgan fingerprint density at radius 1 is 1.10 bits per heavy atom. The van der Waals surface area contributed by atoms with E-state index >= 15 is 0 Å². The summed E-state index contributed by atoms with van der Waals surface area (Å²) in [4.78, 5) is 6.56. The Bertz CT molecular complexity index is 540. The molecule has 1 N–H and O–H groups in total. The van der Waals surface area contributed by atoms with Gasteiger partial charge in [-0.1, -0.05) is 23.7 Å². The van der Waals surface area contributed by atoms with Crippen LogP contribution in [0.15, 0.2) is 42.6 Å². The van der Waals surface area contributed by atoms with E-state index in [0.717, 1.165) is 30.5 Å². The third-order valence-electron chi connectivity index (χ3n) is 3.00. The Balaban J connectivity index is 1.95. The molecule has 1 aromatic heterocycles. The molecule has 0 saturated carbocycles. The molecule has 2 aromatic rings. The topological polar surface area (TPSA) is 28.2 Å². The Kier molecular flexibility index (Phi) is 5.39. The van der Waals surface area contributed by atoms with Crippen molar-refractivity contribution >= 4 is 17.4 Å². The second kappa shape index (κ2) is 7.27. The minimum absolute atomic E-state index is 0.779. The largest absolute Gasteiger partial charge is 0.370 e. The number of nitrogens with zero attached hydrogens (tertiary/aromatic N) is 2. The van der Waals surface area contributed by atoms with Crippen LogP contribution in [-0.2, 0) is 13.1 Å². The van der Waals surface area contributed by atoms with E-state index in [1.165, 1.54) is 11.1 Å². The first kappa shape index (κ1) is 14.8. The van der Waals surface area contributed by atoms with Gasteiger partial charge in [-0.2, -0.15) is 0 Å². The Morgan fingerprint density at radius 3 is 2.50 bits per heavy atom. The van der Waals surface area contributed by atoms with E-state index in [-0.39, 0.29) is 0 Å². The SMILES string of the molecule is CCNc1cc(CN(C)Cc2ccc(Cl)cc2)ccn1. The summed E-state index contributed by atoms with van der Waals surface area (Å²) < 4.78 is 0. The highest BCUT2D eigenvalue weighted by molar-refractivity contribution is 6.30. The van der Waals surface area contributed by atoms with Crippen LogP contribution < -0.4 is 5.32 Å². The molecule has 0 aliphatic carbocycles. The summed E-state index contributed by atoms with van der Waals surface area (Å²) in [7, 11) is 2.11. The summed E-state index contributed by atoms with van der Waals surface area (Å²) in [6.07, 6.45) is 1.85. The van der Waals surface area contributed by atoms with Gasteiger partial charge in [-0.05, 0) is 49.4 Å². The van der Waals surface area contributed by atoms with Crippen LogP contribution in [0, 0.1) is 0 Å². The third-order valence-corrected chi connectivity index (χ3v) is 3.25. The van der Waals surface area contributed by atoms with Crippen LogP contribution in [0.5, 0.6) is 0 Å². The lowest BCUT2D eigenvalue weighted by atomic mass is 10.2. The molecule has 106 valence electrons. The number of pyridine rings is 1. The zero-order chi connectivity index (χ0) is 14.4. The average molecular weight is 290 g/mol. The van der Waals surface area contributed by atoms with Crippen molar-refractivity contribution in [1.82, 2.24) is 9.88 Å². The molecule has 0 atom stereocenters. The van der Waals surface area contributed by atoms with Crippen LogP contribution in [-0.4, -0.2) is 23.5 Å². The maximum Gasteiger partial charge on any atom is 0.126 e. The molecule has 0 aliphatic heterocycles. The molecule has 0 unspecified atom stereocenters. The van der Waals surface area contributed by atoms with Gasteiger partial charge in [0.2, 0.25) is 0 Å². The first-order valence-corrected chi connectivity index (χ1v) is 7.17. The molecule has 4 heteroatoms. The van der Waals surface area contributed by atoms with Crippen molar-refractivity contribution in [3.63, 3.8) is 0 Å². The number of hydrogen-bond donors (Lipinski definition) is 1. The van der Waals surface area contributed by atoms with Crippen molar-refractivity contribution in [2.45, 2.75) is 20.0 Å². The van der Waals surface area contributed by atoms with E-state index in [9.17, 15) is 0 Å². The third kappa shape index (κ3) is 4.51. The summed E-state index contributed by atoms with van der Waals surface area (Å²) >= 11 is 5.90. The van der Waals surface area contributed by atoms with Gasteiger partial charge >= 0.3 is 0 Å². The lowest BCUT2D eigenvalue weighted by Crippen LogP contribution is -2.17. The van der Waals surface area contributed by atoms with Gasteiger partial charge in [-0.25, -0.2) is 4.98 Å². The monoisotopic (exact) mass is 289 g/mol. The first-order chi connectivity index (χ1) is 9.67. The summed E-state index contributed by atoms with van der Waals surface area (Å²) in [5.74, 6) is 0.935. The van der Waals surface area contributed by atoms with Gasteiger partial charge < -0.3 is 5.32 Å². The predicted molar refractivity (Wildman–Crippen MR) is 85.0 cm³/mol. The molecule has 1 aromatic carbocycles. The number of rotatable bonds is 6. The van der Waals surface area contributed by atoms with Crippen molar-refractivity contribution < 1.29 is 0 Å².